The lowest BCUT2D eigenvalue weighted by Crippen LogP contribution is -2.46. The first-order valence-electron chi connectivity index (χ1n) is 9.81. The summed E-state index contributed by atoms with van der Waals surface area (Å²) in [5, 5.41) is 4.31. The Balaban J connectivity index is 1.57. The van der Waals surface area contributed by atoms with Crippen molar-refractivity contribution in [1.82, 2.24) is 4.90 Å². The van der Waals surface area contributed by atoms with Crippen molar-refractivity contribution >= 4 is 23.2 Å². The van der Waals surface area contributed by atoms with Crippen LogP contribution in [0.2, 0.25) is 5.02 Å². The van der Waals surface area contributed by atoms with E-state index in [-0.39, 0.29) is 11.3 Å². The van der Waals surface area contributed by atoms with E-state index >= 15 is 0 Å². The smallest absolute Gasteiger partial charge is 0.227 e. The number of nitrogens with zero attached hydrogens (tertiary/aromatic N) is 1. The van der Waals surface area contributed by atoms with E-state index in [1.165, 1.54) is 19.3 Å². The molecule has 0 atom stereocenters. The molecule has 26 heavy (non-hydrogen) atoms. The fourth-order valence-electron chi connectivity index (χ4n) is 3.53. The van der Waals surface area contributed by atoms with Gasteiger partial charge < -0.3 is 15.0 Å². The van der Waals surface area contributed by atoms with Crippen LogP contribution in [0.1, 0.15) is 52.9 Å². The Bertz CT molecular complexity index is 629. The van der Waals surface area contributed by atoms with Gasteiger partial charge in [0.25, 0.3) is 0 Å². The maximum atomic E-state index is 12.4. The molecule has 0 unspecified atom stereocenters. The molecule has 144 valence electrons. The minimum absolute atomic E-state index is 0.239. The number of carbonyl (C=O) groups excluding carboxylic acids is 1. The summed E-state index contributed by atoms with van der Waals surface area (Å²) in [6.45, 7) is 8.33. The molecule has 2 aliphatic rings. The van der Waals surface area contributed by atoms with Gasteiger partial charge in [-0.3, -0.25) is 4.79 Å². The molecule has 0 radical (unpaired) electrons. The molecule has 1 aromatic rings. The van der Waals surface area contributed by atoms with Crippen LogP contribution in [0.5, 0.6) is 5.75 Å². The zero-order valence-electron chi connectivity index (χ0n) is 16.2. The highest BCUT2D eigenvalue weighted by molar-refractivity contribution is 6.30. The quantitative estimate of drug-likeness (QED) is 0.786. The third kappa shape index (κ3) is 4.85. The van der Waals surface area contributed by atoms with Gasteiger partial charge in [-0.05, 0) is 49.8 Å². The minimum atomic E-state index is -0.310. The van der Waals surface area contributed by atoms with Crippen molar-refractivity contribution in [2.45, 2.75) is 58.9 Å². The third-order valence-corrected chi connectivity index (χ3v) is 5.66. The highest BCUT2D eigenvalue weighted by atomic mass is 35.5. The first-order valence-corrected chi connectivity index (χ1v) is 10.2. The number of hydrogen-bond acceptors (Lipinski definition) is 3. The Labute approximate surface area is 162 Å². The second-order valence-corrected chi connectivity index (χ2v) is 9.15. The van der Waals surface area contributed by atoms with E-state index in [4.69, 9.17) is 16.3 Å². The maximum Gasteiger partial charge on any atom is 0.227 e. The Morgan fingerprint density at radius 3 is 2.50 bits per heavy atom. The molecule has 1 aliphatic heterocycles. The number of benzene rings is 1. The van der Waals surface area contributed by atoms with Crippen molar-refractivity contribution in [1.29, 1.82) is 0 Å². The van der Waals surface area contributed by atoms with E-state index in [1.807, 2.05) is 43.9 Å². The molecular formula is C21H31ClN2O2. The fraction of sp³-hybridized carbons (Fsp3) is 0.667. The molecule has 3 rings (SSSR count). The molecule has 1 aromatic carbocycles. The van der Waals surface area contributed by atoms with Crippen LogP contribution in [0.4, 0.5) is 5.69 Å². The number of piperidine rings is 1. The van der Waals surface area contributed by atoms with Crippen molar-refractivity contribution in [3.63, 3.8) is 0 Å². The number of amides is 1. The number of ether oxygens (including phenoxy) is 1. The highest BCUT2D eigenvalue weighted by Crippen LogP contribution is 2.33. The lowest BCUT2D eigenvalue weighted by Gasteiger charge is -2.36. The van der Waals surface area contributed by atoms with Crippen LogP contribution in [-0.4, -0.2) is 36.5 Å². The summed E-state index contributed by atoms with van der Waals surface area (Å²) >= 11 is 6.20. The standard InChI is InChI=1S/C21H31ClN2O2/c1-21(2,3)20(25)24-11-9-17(10-12-24)23-18-13-16(22)7-8-19(18)26-14-15-5-4-6-15/h7-8,13,15,17,23H,4-6,9-12,14H2,1-3H3. The number of nitrogens with one attached hydrogen (secondary N) is 1. The molecule has 1 N–H and O–H groups in total. The number of rotatable bonds is 5. The van der Waals surface area contributed by atoms with E-state index in [2.05, 4.69) is 5.32 Å². The Morgan fingerprint density at radius 1 is 1.23 bits per heavy atom. The predicted octanol–water partition coefficient (Wildman–Crippen LogP) is 4.97. The summed E-state index contributed by atoms with van der Waals surface area (Å²) in [6, 6.07) is 6.13. The van der Waals surface area contributed by atoms with Gasteiger partial charge in [0.1, 0.15) is 5.75 Å². The molecule has 0 aromatic heterocycles. The molecular weight excluding hydrogens is 348 g/mol. The van der Waals surface area contributed by atoms with Crippen LogP contribution < -0.4 is 10.1 Å². The molecule has 5 heteroatoms. The van der Waals surface area contributed by atoms with E-state index in [0.717, 1.165) is 44.0 Å². The van der Waals surface area contributed by atoms with Crippen LogP contribution in [0.3, 0.4) is 0 Å². The van der Waals surface area contributed by atoms with Gasteiger partial charge in [-0.2, -0.15) is 0 Å². The summed E-state index contributed by atoms with van der Waals surface area (Å²) in [6.07, 6.45) is 5.76. The number of likely N-dealkylation sites (tertiary alicyclic amines) is 1. The van der Waals surface area contributed by atoms with Gasteiger partial charge in [0.2, 0.25) is 5.91 Å². The third-order valence-electron chi connectivity index (χ3n) is 5.42. The van der Waals surface area contributed by atoms with Crippen molar-refractivity contribution in [3.8, 4) is 5.75 Å². The van der Waals surface area contributed by atoms with Gasteiger partial charge in [-0.15, -0.1) is 0 Å². The average Bonchev–Trinajstić information content (AvgIpc) is 2.54. The zero-order chi connectivity index (χ0) is 18.7. The molecule has 1 saturated carbocycles. The molecule has 0 bridgehead atoms. The average molecular weight is 379 g/mol. The van der Waals surface area contributed by atoms with Crippen molar-refractivity contribution < 1.29 is 9.53 Å². The van der Waals surface area contributed by atoms with Gasteiger partial charge in [-0.25, -0.2) is 0 Å². The summed E-state index contributed by atoms with van der Waals surface area (Å²) in [7, 11) is 0. The summed E-state index contributed by atoms with van der Waals surface area (Å²) in [4.78, 5) is 14.4. The van der Waals surface area contributed by atoms with Crippen LogP contribution in [0.15, 0.2) is 18.2 Å². The number of carbonyl (C=O) groups is 1. The Morgan fingerprint density at radius 2 is 1.92 bits per heavy atom. The lowest BCUT2D eigenvalue weighted by molar-refractivity contribution is -0.140. The van der Waals surface area contributed by atoms with Crippen molar-refractivity contribution in [2.24, 2.45) is 11.3 Å². The fourth-order valence-corrected chi connectivity index (χ4v) is 3.70. The Kier molecular flexibility index (Phi) is 6.01. The van der Waals surface area contributed by atoms with Gasteiger partial charge >= 0.3 is 0 Å². The first-order chi connectivity index (χ1) is 12.3. The van der Waals surface area contributed by atoms with E-state index in [9.17, 15) is 4.79 Å². The van der Waals surface area contributed by atoms with E-state index in [1.54, 1.807) is 0 Å². The first kappa shape index (κ1) is 19.3. The summed E-state index contributed by atoms with van der Waals surface area (Å²) in [5.41, 5.74) is 0.660. The molecule has 1 heterocycles. The number of anilines is 1. The zero-order valence-corrected chi connectivity index (χ0v) is 16.9. The van der Waals surface area contributed by atoms with Gasteiger partial charge in [0.05, 0.1) is 12.3 Å². The van der Waals surface area contributed by atoms with Crippen LogP contribution in [0, 0.1) is 11.3 Å². The highest BCUT2D eigenvalue weighted by Gasteiger charge is 2.30. The number of halogens is 1. The van der Waals surface area contributed by atoms with E-state index in [0.29, 0.717) is 17.0 Å². The molecule has 1 amide bonds. The molecule has 1 aliphatic carbocycles. The normalized spacial score (nSPS) is 19.2. The number of hydrogen-bond donors (Lipinski definition) is 1. The second kappa shape index (κ2) is 8.08. The Hall–Kier alpha value is -1.42. The van der Waals surface area contributed by atoms with Crippen molar-refractivity contribution in [3.05, 3.63) is 23.2 Å². The monoisotopic (exact) mass is 378 g/mol. The summed E-state index contributed by atoms with van der Waals surface area (Å²) < 4.78 is 6.06. The van der Waals surface area contributed by atoms with Crippen LogP contribution >= 0.6 is 11.6 Å². The van der Waals surface area contributed by atoms with Gasteiger partial charge in [0, 0.05) is 29.6 Å². The lowest BCUT2D eigenvalue weighted by atomic mass is 9.86. The molecule has 0 spiro atoms. The maximum absolute atomic E-state index is 12.4. The topological polar surface area (TPSA) is 41.6 Å². The van der Waals surface area contributed by atoms with Crippen molar-refractivity contribution in [2.75, 3.05) is 25.0 Å². The molecule has 4 nitrogen and oxygen atoms in total. The van der Waals surface area contributed by atoms with Crippen LogP contribution in [-0.2, 0) is 4.79 Å². The van der Waals surface area contributed by atoms with Gasteiger partial charge in [0.15, 0.2) is 0 Å². The van der Waals surface area contributed by atoms with Gasteiger partial charge in [-0.1, -0.05) is 38.8 Å². The SMILES string of the molecule is CC(C)(C)C(=O)N1CCC(Nc2cc(Cl)ccc2OCC2CCC2)CC1. The summed E-state index contributed by atoms with van der Waals surface area (Å²) in [5.74, 6) is 1.82. The van der Waals surface area contributed by atoms with Crippen LogP contribution in [0.25, 0.3) is 0 Å². The second-order valence-electron chi connectivity index (χ2n) is 8.71. The molecule has 2 fully saturated rings. The minimum Gasteiger partial charge on any atom is -0.491 e. The van der Waals surface area contributed by atoms with E-state index < -0.39 is 0 Å². The largest absolute Gasteiger partial charge is 0.491 e. The predicted molar refractivity (Wildman–Crippen MR) is 107 cm³/mol. The molecule has 1 saturated heterocycles.